The van der Waals surface area contributed by atoms with Crippen LogP contribution in [0.25, 0.3) is 11.5 Å². The number of hydrogen-bond donors (Lipinski definition) is 0. The van der Waals surface area contributed by atoms with Crippen LogP contribution in [0.15, 0.2) is 40.9 Å². The zero-order valence-electron chi connectivity index (χ0n) is 16.3. The van der Waals surface area contributed by atoms with Crippen molar-refractivity contribution < 1.29 is 23.2 Å². The Labute approximate surface area is 167 Å². The topological polar surface area (TPSA) is 77.7 Å². The van der Waals surface area contributed by atoms with E-state index in [1.165, 1.54) is 6.07 Å². The molecule has 1 aliphatic heterocycles. The maximum absolute atomic E-state index is 13.9. The van der Waals surface area contributed by atoms with Crippen LogP contribution in [-0.4, -0.2) is 36.8 Å². The Morgan fingerprint density at radius 3 is 2.66 bits per heavy atom. The summed E-state index contributed by atoms with van der Waals surface area (Å²) < 4.78 is 29.8. The van der Waals surface area contributed by atoms with Gasteiger partial charge in [0.2, 0.25) is 5.91 Å². The van der Waals surface area contributed by atoms with Crippen molar-refractivity contribution in [2.24, 2.45) is 0 Å². The first kappa shape index (κ1) is 18.9. The molecule has 7 nitrogen and oxygen atoms in total. The molecule has 1 unspecified atom stereocenters. The highest BCUT2D eigenvalue weighted by atomic mass is 19.1. The number of hydrogen-bond acceptors (Lipinski definition) is 6. The molecule has 0 radical (unpaired) electrons. The Balaban J connectivity index is 1.56. The number of amides is 1. The monoisotopic (exact) mass is 397 g/mol. The Kier molecular flexibility index (Phi) is 4.92. The molecule has 0 spiro atoms. The van der Waals surface area contributed by atoms with Gasteiger partial charge in [-0.1, -0.05) is 11.2 Å². The van der Waals surface area contributed by atoms with Crippen LogP contribution in [-0.2, 0) is 4.79 Å². The lowest BCUT2D eigenvalue weighted by Crippen LogP contribution is -2.24. The third-order valence-corrected chi connectivity index (χ3v) is 5.03. The molecule has 2 heterocycles. The summed E-state index contributed by atoms with van der Waals surface area (Å²) in [6, 6.07) is 10.1. The highest BCUT2D eigenvalue weighted by Gasteiger charge is 2.35. The number of benzene rings is 2. The fourth-order valence-electron chi connectivity index (χ4n) is 3.37. The first-order chi connectivity index (χ1) is 14.0. The molecule has 0 aliphatic carbocycles. The second-order valence-corrected chi connectivity index (χ2v) is 6.87. The van der Waals surface area contributed by atoms with Gasteiger partial charge < -0.3 is 18.9 Å². The molecule has 1 amide bonds. The van der Waals surface area contributed by atoms with Gasteiger partial charge in [0.25, 0.3) is 5.89 Å². The number of anilines is 1. The molecule has 4 rings (SSSR count). The largest absolute Gasteiger partial charge is 0.493 e. The van der Waals surface area contributed by atoms with E-state index in [9.17, 15) is 9.18 Å². The Hall–Kier alpha value is -3.42. The van der Waals surface area contributed by atoms with Crippen LogP contribution in [0.4, 0.5) is 10.1 Å². The van der Waals surface area contributed by atoms with Crippen molar-refractivity contribution in [3.8, 4) is 23.0 Å². The third kappa shape index (κ3) is 3.53. The maximum atomic E-state index is 13.9. The summed E-state index contributed by atoms with van der Waals surface area (Å²) in [4.78, 5) is 18.5. The van der Waals surface area contributed by atoms with Crippen LogP contribution in [0.2, 0.25) is 0 Å². The second-order valence-electron chi connectivity index (χ2n) is 6.87. The van der Waals surface area contributed by atoms with Crippen LogP contribution >= 0.6 is 0 Å². The smallest absolute Gasteiger partial charge is 0.258 e. The predicted molar refractivity (Wildman–Crippen MR) is 104 cm³/mol. The van der Waals surface area contributed by atoms with E-state index in [2.05, 4.69) is 10.1 Å². The minimum Gasteiger partial charge on any atom is -0.493 e. The van der Waals surface area contributed by atoms with Crippen LogP contribution in [0.1, 0.15) is 23.7 Å². The Bertz CT molecular complexity index is 1070. The standard InChI is InChI=1S/C21H20FN3O4/c1-12-4-6-15(10-16(12)22)25-11-14(9-19(25)26)20-23-21(29-24-20)13-5-7-17(27-2)18(8-13)28-3/h4-8,10,14H,9,11H2,1-3H3. The van der Waals surface area contributed by atoms with Crippen molar-refractivity contribution in [1.82, 2.24) is 10.1 Å². The number of halogens is 1. The molecular weight excluding hydrogens is 377 g/mol. The summed E-state index contributed by atoms with van der Waals surface area (Å²) in [5.41, 5.74) is 1.75. The molecule has 8 heteroatoms. The first-order valence-electron chi connectivity index (χ1n) is 9.12. The van der Waals surface area contributed by atoms with Crippen molar-refractivity contribution >= 4 is 11.6 Å². The van der Waals surface area contributed by atoms with Crippen LogP contribution in [0, 0.1) is 12.7 Å². The van der Waals surface area contributed by atoms with Gasteiger partial charge in [0, 0.05) is 30.1 Å². The SMILES string of the molecule is COc1ccc(-c2nc(C3CC(=O)N(c4ccc(C)c(F)c4)C3)no2)cc1OC. The van der Waals surface area contributed by atoms with Gasteiger partial charge in [-0.3, -0.25) is 4.79 Å². The van der Waals surface area contributed by atoms with Gasteiger partial charge in [-0.2, -0.15) is 4.98 Å². The molecule has 0 N–H and O–H groups in total. The van der Waals surface area contributed by atoms with E-state index < -0.39 is 0 Å². The number of aromatic nitrogens is 2. The molecule has 150 valence electrons. The lowest BCUT2D eigenvalue weighted by molar-refractivity contribution is -0.117. The normalized spacial score (nSPS) is 16.3. The average Bonchev–Trinajstić information content (AvgIpc) is 3.36. The summed E-state index contributed by atoms with van der Waals surface area (Å²) in [5.74, 6) is 1.24. The average molecular weight is 397 g/mol. The maximum Gasteiger partial charge on any atom is 0.258 e. The summed E-state index contributed by atoms with van der Waals surface area (Å²) in [6.45, 7) is 2.05. The number of carbonyl (C=O) groups is 1. The van der Waals surface area contributed by atoms with Crippen LogP contribution in [0.3, 0.4) is 0 Å². The van der Waals surface area contributed by atoms with Crippen molar-refractivity contribution in [2.75, 3.05) is 25.7 Å². The molecule has 29 heavy (non-hydrogen) atoms. The van der Waals surface area contributed by atoms with Crippen LogP contribution in [0.5, 0.6) is 11.5 Å². The van der Waals surface area contributed by atoms with Crippen molar-refractivity contribution in [3.63, 3.8) is 0 Å². The highest BCUT2D eigenvalue weighted by Crippen LogP contribution is 2.34. The number of aryl methyl sites for hydroxylation is 1. The van der Waals surface area contributed by atoms with E-state index in [0.717, 1.165) is 0 Å². The molecule has 1 atom stereocenters. The lowest BCUT2D eigenvalue weighted by Gasteiger charge is -2.16. The van der Waals surface area contributed by atoms with Gasteiger partial charge in [-0.25, -0.2) is 4.39 Å². The molecule has 1 aromatic heterocycles. The van der Waals surface area contributed by atoms with Crippen LogP contribution < -0.4 is 14.4 Å². The quantitative estimate of drug-likeness (QED) is 0.653. The zero-order valence-corrected chi connectivity index (χ0v) is 16.3. The van der Waals surface area contributed by atoms with Crippen molar-refractivity contribution in [3.05, 3.63) is 53.6 Å². The Morgan fingerprint density at radius 2 is 1.93 bits per heavy atom. The molecule has 1 fully saturated rings. The van der Waals surface area contributed by atoms with E-state index in [1.54, 1.807) is 56.4 Å². The van der Waals surface area contributed by atoms with Gasteiger partial charge in [0.05, 0.1) is 14.2 Å². The number of ether oxygens (including phenoxy) is 2. The van der Waals surface area contributed by atoms with Gasteiger partial charge >= 0.3 is 0 Å². The molecule has 0 saturated carbocycles. The van der Waals surface area contributed by atoms with Crippen molar-refractivity contribution in [1.29, 1.82) is 0 Å². The number of methoxy groups -OCH3 is 2. The van der Waals surface area contributed by atoms with E-state index >= 15 is 0 Å². The third-order valence-electron chi connectivity index (χ3n) is 5.03. The Morgan fingerprint density at radius 1 is 1.14 bits per heavy atom. The summed E-state index contributed by atoms with van der Waals surface area (Å²) in [6.07, 6.45) is 0.237. The van der Waals surface area contributed by atoms with E-state index in [4.69, 9.17) is 14.0 Å². The van der Waals surface area contributed by atoms with E-state index in [1.807, 2.05) is 0 Å². The molecular formula is C21H20FN3O4. The van der Waals surface area contributed by atoms with Gasteiger partial charge in [0.1, 0.15) is 5.82 Å². The molecule has 1 saturated heterocycles. The predicted octanol–water partition coefficient (Wildman–Crippen LogP) is 3.72. The fraction of sp³-hybridized carbons (Fsp3) is 0.286. The zero-order chi connectivity index (χ0) is 20.5. The number of carbonyl (C=O) groups excluding carboxylic acids is 1. The highest BCUT2D eigenvalue weighted by molar-refractivity contribution is 5.96. The number of rotatable bonds is 5. The summed E-state index contributed by atoms with van der Waals surface area (Å²) in [7, 11) is 3.11. The first-order valence-corrected chi connectivity index (χ1v) is 9.12. The molecule has 1 aliphatic rings. The second kappa shape index (κ2) is 7.54. The minimum atomic E-state index is -0.339. The number of nitrogens with zero attached hydrogens (tertiary/aromatic N) is 3. The fourth-order valence-corrected chi connectivity index (χ4v) is 3.37. The van der Waals surface area contributed by atoms with Crippen molar-refractivity contribution in [2.45, 2.75) is 19.3 Å². The van der Waals surface area contributed by atoms with Gasteiger partial charge in [-0.05, 0) is 42.8 Å². The summed E-state index contributed by atoms with van der Waals surface area (Å²) >= 11 is 0. The van der Waals surface area contributed by atoms with Gasteiger partial charge in [0.15, 0.2) is 17.3 Å². The van der Waals surface area contributed by atoms with Gasteiger partial charge in [-0.15, -0.1) is 0 Å². The lowest BCUT2D eigenvalue weighted by atomic mass is 10.1. The van der Waals surface area contributed by atoms with E-state index in [0.29, 0.717) is 46.6 Å². The molecule has 2 aromatic carbocycles. The van der Waals surface area contributed by atoms with E-state index in [-0.39, 0.29) is 24.1 Å². The summed E-state index contributed by atoms with van der Waals surface area (Å²) in [5, 5.41) is 4.06. The minimum absolute atomic E-state index is 0.101. The molecule has 3 aromatic rings. The molecule has 0 bridgehead atoms.